The van der Waals surface area contributed by atoms with E-state index in [1.165, 1.54) is 18.6 Å². The zero-order valence-electron chi connectivity index (χ0n) is 11.8. The molecular formula is C16H21F2IO. The van der Waals surface area contributed by atoms with Gasteiger partial charge in [0.15, 0.2) is 0 Å². The average molecular weight is 394 g/mol. The van der Waals surface area contributed by atoms with Crippen molar-refractivity contribution in [1.82, 2.24) is 0 Å². The Labute approximate surface area is 133 Å². The van der Waals surface area contributed by atoms with Crippen LogP contribution in [0.4, 0.5) is 8.78 Å². The van der Waals surface area contributed by atoms with Crippen LogP contribution in [0, 0.1) is 21.1 Å². The maximum Gasteiger partial charge on any atom is 0.139 e. The van der Waals surface area contributed by atoms with Gasteiger partial charge in [0.05, 0.1) is 3.57 Å². The molecule has 2 rings (SSSR count). The topological polar surface area (TPSA) is 9.23 Å². The Bertz CT molecular complexity index is 419. The molecule has 0 spiro atoms. The first-order chi connectivity index (χ1) is 9.61. The minimum absolute atomic E-state index is 0.0969. The van der Waals surface area contributed by atoms with Crippen molar-refractivity contribution in [3.05, 3.63) is 32.9 Å². The summed E-state index contributed by atoms with van der Waals surface area (Å²) in [5.41, 5.74) is 0.829. The van der Waals surface area contributed by atoms with Gasteiger partial charge in [0, 0.05) is 13.7 Å². The van der Waals surface area contributed by atoms with Crippen LogP contribution in [0.15, 0.2) is 12.1 Å². The van der Waals surface area contributed by atoms with Gasteiger partial charge in [-0.1, -0.05) is 0 Å². The minimum Gasteiger partial charge on any atom is -0.385 e. The Morgan fingerprint density at radius 1 is 1.15 bits per heavy atom. The van der Waals surface area contributed by atoms with E-state index in [1.807, 2.05) is 0 Å². The molecule has 0 heterocycles. The standard InChI is InChI=1S/C16H21F2IO/c1-20-8-2-3-11-4-6-12(7-5-11)13-9-14(17)16(19)15(18)10-13/h9-12H,2-8H2,1H3. The second-order valence-electron chi connectivity index (χ2n) is 5.65. The molecule has 0 saturated heterocycles. The first kappa shape index (κ1) is 16.1. The van der Waals surface area contributed by atoms with E-state index < -0.39 is 11.6 Å². The summed E-state index contributed by atoms with van der Waals surface area (Å²) < 4.78 is 32.4. The van der Waals surface area contributed by atoms with Crippen LogP contribution in [-0.2, 0) is 4.74 Å². The van der Waals surface area contributed by atoms with Gasteiger partial charge >= 0.3 is 0 Å². The molecule has 1 saturated carbocycles. The number of ether oxygens (including phenoxy) is 1. The van der Waals surface area contributed by atoms with Crippen molar-refractivity contribution in [1.29, 1.82) is 0 Å². The predicted octanol–water partition coefficient (Wildman–Crippen LogP) is 5.27. The van der Waals surface area contributed by atoms with Crippen molar-refractivity contribution in [2.24, 2.45) is 5.92 Å². The normalized spacial score (nSPS) is 23.0. The Hall–Kier alpha value is -0.230. The molecule has 112 valence electrons. The van der Waals surface area contributed by atoms with E-state index in [2.05, 4.69) is 0 Å². The van der Waals surface area contributed by atoms with Crippen LogP contribution in [0.5, 0.6) is 0 Å². The third kappa shape index (κ3) is 4.13. The summed E-state index contributed by atoms with van der Waals surface area (Å²) in [4.78, 5) is 0. The van der Waals surface area contributed by atoms with Gasteiger partial charge in [0.2, 0.25) is 0 Å². The minimum atomic E-state index is -0.428. The second kappa shape index (κ2) is 7.69. The molecule has 1 aliphatic rings. The van der Waals surface area contributed by atoms with Gasteiger partial charge in [-0.2, -0.15) is 0 Å². The van der Waals surface area contributed by atoms with Crippen molar-refractivity contribution in [3.63, 3.8) is 0 Å². The predicted molar refractivity (Wildman–Crippen MR) is 84.9 cm³/mol. The summed E-state index contributed by atoms with van der Waals surface area (Å²) in [7, 11) is 1.73. The Kier molecular flexibility index (Phi) is 6.20. The number of benzene rings is 1. The van der Waals surface area contributed by atoms with Gasteiger partial charge in [-0.3, -0.25) is 0 Å². The second-order valence-corrected chi connectivity index (χ2v) is 6.73. The zero-order valence-corrected chi connectivity index (χ0v) is 14.0. The fourth-order valence-electron chi connectivity index (χ4n) is 3.11. The SMILES string of the molecule is COCCCC1CCC(c2cc(F)c(I)c(F)c2)CC1. The fourth-order valence-corrected chi connectivity index (χ4v) is 3.42. The van der Waals surface area contributed by atoms with Crippen molar-refractivity contribution in [3.8, 4) is 0 Å². The molecule has 0 unspecified atom stereocenters. The number of rotatable bonds is 5. The lowest BCUT2D eigenvalue weighted by Gasteiger charge is -2.29. The lowest BCUT2D eigenvalue weighted by Crippen LogP contribution is -2.14. The molecule has 0 amide bonds. The number of methoxy groups -OCH3 is 1. The van der Waals surface area contributed by atoms with E-state index in [0.29, 0.717) is 5.92 Å². The third-order valence-corrected chi connectivity index (χ3v) is 5.32. The van der Waals surface area contributed by atoms with Crippen LogP contribution in [-0.4, -0.2) is 13.7 Å². The van der Waals surface area contributed by atoms with Gasteiger partial charge in [-0.25, -0.2) is 8.78 Å². The van der Waals surface area contributed by atoms with Crippen LogP contribution in [0.3, 0.4) is 0 Å². The number of halogens is 3. The molecule has 0 bridgehead atoms. The highest BCUT2D eigenvalue weighted by Crippen LogP contribution is 2.38. The zero-order chi connectivity index (χ0) is 14.5. The smallest absolute Gasteiger partial charge is 0.139 e. The van der Waals surface area contributed by atoms with Gasteiger partial charge in [0.1, 0.15) is 11.6 Å². The Balaban J connectivity index is 1.90. The largest absolute Gasteiger partial charge is 0.385 e. The molecule has 1 aromatic carbocycles. The molecule has 0 aromatic heterocycles. The fraction of sp³-hybridized carbons (Fsp3) is 0.625. The number of hydrogen-bond acceptors (Lipinski definition) is 1. The quantitative estimate of drug-likeness (QED) is 0.376. The summed E-state index contributed by atoms with van der Waals surface area (Å²) in [5, 5.41) is 0. The molecule has 0 atom stereocenters. The monoisotopic (exact) mass is 394 g/mol. The summed E-state index contributed by atoms with van der Waals surface area (Å²) >= 11 is 1.72. The van der Waals surface area contributed by atoms with Gasteiger partial charge in [-0.05, 0) is 90.6 Å². The first-order valence-electron chi connectivity index (χ1n) is 7.25. The van der Waals surface area contributed by atoms with E-state index >= 15 is 0 Å². The van der Waals surface area contributed by atoms with Gasteiger partial charge < -0.3 is 4.74 Å². The van der Waals surface area contributed by atoms with E-state index in [4.69, 9.17) is 4.74 Å². The first-order valence-corrected chi connectivity index (χ1v) is 8.33. The van der Waals surface area contributed by atoms with E-state index in [1.54, 1.807) is 29.7 Å². The van der Waals surface area contributed by atoms with Crippen LogP contribution in [0.25, 0.3) is 0 Å². The molecule has 0 aliphatic heterocycles. The maximum absolute atomic E-state index is 13.6. The molecule has 1 nitrogen and oxygen atoms in total. The van der Waals surface area contributed by atoms with E-state index in [9.17, 15) is 8.78 Å². The lowest BCUT2D eigenvalue weighted by molar-refractivity contribution is 0.180. The van der Waals surface area contributed by atoms with Gasteiger partial charge in [0.25, 0.3) is 0 Å². The van der Waals surface area contributed by atoms with Crippen LogP contribution in [0.1, 0.15) is 50.0 Å². The average Bonchev–Trinajstić information content (AvgIpc) is 2.45. The number of hydrogen-bond donors (Lipinski definition) is 0. The molecule has 1 aromatic rings. The van der Waals surface area contributed by atoms with Gasteiger partial charge in [-0.15, -0.1) is 0 Å². The van der Waals surface area contributed by atoms with Crippen molar-refractivity contribution >= 4 is 22.6 Å². The summed E-state index contributed by atoms with van der Waals surface area (Å²) in [6, 6.07) is 3.03. The van der Waals surface area contributed by atoms with Crippen molar-refractivity contribution in [2.75, 3.05) is 13.7 Å². The van der Waals surface area contributed by atoms with Crippen LogP contribution in [0.2, 0.25) is 0 Å². The highest BCUT2D eigenvalue weighted by molar-refractivity contribution is 14.1. The molecular weight excluding hydrogens is 373 g/mol. The van der Waals surface area contributed by atoms with Crippen molar-refractivity contribution in [2.45, 2.75) is 44.4 Å². The lowest BCUT2D eigenvalue weighted by atomic mass is 9.77. The molecule has 1 aliphatic carbocycles. The molecule has 0 N–H and O–H groups in total. The summed E-state index contributed by atoms with van der Waals surface area (Å²) in [6.07, 6.45) is 6.70. The molecule has 4 heteroatoms. The highest BCUT2D eigenvalue weighted by Gasteiger charge is 2.23. The molecule has 0 radical (unpaired) electrons. The molecule has 1 fully saturated rings. The maximum atomic E-state index is 13.6. The van der Waals surface area contributed by atoms with Crippen LogP contribution < -0.4 is 0 Å². The van der Waals surface area contributed by atoms with Crippen molar-refractivity contribution < 1.29 is 13.5 Å². The third-order valence-electron chi connectivity index (χ3n) is 4.29. The summed E-state index contributed by atoms with van der Waals surface area (Å²) in [5.74, 6) is 0.209. The molecule has 20 heavy (non-hydrogen) atoms. The highest BCUT2D eigenvalue weighted by atomic mass is 127. The van der Waals surface area contributed by atoms with E-state index in [-0.39, 0.29) is 3.57 Å². The Morgan fingerprint density at radius 3 is 2.30 bits per heavy atom. The Morgan fingerprint density at radius 2 is 1.75 bits per heavy atom. The summed E-state index contributed by atoms with van der Waals surface area (Å²) in [6.45, 7) is 0.827. The van der Waals surface area contributed by atoms with Crippen LogP contribution >= 0.6 is 22.6 Å². The van der Waals surface area contributed by atoms with E-state index in [0.717, 1.165) is 50.2 Å².